The summed E-state index contributed by atoms with van der Waals surface area (Å²) < 4.78 is 0. The van der Waals surface area contributed by atoms with Crippen LogP contribution in [0.5, 0.6) is 0 Å². The van der Waals surface area contributed by atoms with Crippen molar-refractivity contribution in [1.29, 1.82) is 0 Å². The predicted octanol–water partition coefficient (Wildman–Crippen LogP) is -1.77. The molecule has 0 saturated carbocycles. The monoisotopic (exact) mass is 395 g/mol. The Balaban J connectivity index is 2.05. The third kappa shape index (κ3) is 6.11. The highest BCUT2D eigenvalue weighted by molar-refractivity contribution is 7.80. The van der Waals surface area contributed by atoms with Crippen molar-refractivity contribution in [2.45, 2.75) is 31.0 Å². The number of carboxylic acids is 1. The van der Waals surface area contributed by atoms with Crippen molar-refractivity contribution in [2.75, 3.05) is 5.75 Å². The molecule has 0 aliphatic rings. The second-order valence-corrected chi connectivity index (χ2v) is 6.14. The van der Waals surface area contributed by atoms with Crippen molar-refractivity contribution >= 4 is 30.4 Å². The van der Waals surface area contributed by atoms with Crippen LogP contribution in [0.2, 0.25) is 0 Å². The van der Waals surface area contributed by atoms with Crippen LogP contribution in [-0.4, -0.2) is 66.7 Å². The van der Waals surface area contributed by atoms with Crippen LogP contribution in [0, 0.1) is 0 Å². The van der Waals surface area contributed by atoms with E-state index in [9.17, 15) is 14.4 Å². The summed E-state index contributed by atoms with van der Waals surface area (Å²) in [6.45, 7) is 0. The number of nitrogens with two attached hydrogens (primary N) is 1. The van der Waals surface area contributed by atoms with Gasteiger partial charge in [0.2, 0.25) is 11.8 Å². The minimum absolute atomic E-state index is 0.0646. The predicted molar refractivity (Wildman–Crippen MR) is 97.9 cm³/mol. The Morgan fingerprint density at radius 3 is 2.07 bits per heavy atom. The summed E-state index contributed by atoms with van der Waals surface area (Å²) in [5.74, 6) is -2.55. The molecule has 0 spiro atoms. The average Bonchev–Trinajstić information content (AvgIpc) is 3.32. The van der Waals surface area contributed by atoms with Gasteiger partial charge in [-0.3, -0.25) is 9.59 Å². The molecule has 2 aromatic rings. The molecular formula is C15H21N7O4S. The lowest BCUT2D eigenvalue weighted by Crippen LogP contribution is -2.56. The number of nitrogens with one attached hydrogen (secondary N) is 4. The number of hydrogen-bond donors (Lipinski definition) is 7. The molecule has 12 heteroatoms. The fourth-order valence-corrected chi connectivity index (χ4v) is 2.53. The van der Waals surface area contributed by atoms with E-state index in [4.69, 9.17) is 10.8 Å². The molecule has 0 fully saturated rings. The molecule has 0 bridgehead atoms. The third-order valence-corrected chi connectivity index (χ3v) is 4.08. The number of nitrogens with zero attached hydrogens (tertiary/aromatic N) is 2. The van der Waals surface area contributed by atoms with Crippen molar-refractivity contribution in [2.24, 2.45) is 5.73 Å². The molecule has 0 aliphatic carbocycles. The summed E-state index contributed by atoms with van der Waals surface area (Å²) in [7, 11) is 0. The lowest BCUT2D eigenvalue weighted by atomic mass is 10.1. The van der Waals surface area contributed by atoms with Gasteiger partial charge in [-0.25, -0.2) is 14.8 Å². The largest absolute Gasteiger partial charge is 0.480 e. The second kappa shape index (κ2) is 9.73. The van der Waals surface area contributed by atoms with Crippen LogP contribution < -0.4 is 16.4 Å². The number of hydrogen-bond acceptors (Lipinski definition) is 7. The molecule has 0 aliphatic heterocycles. The smallest absolute Gasteiger partial charge is 0.327 e. The molecule has 0 unspecified atom stereocenters. The Morgan fingerprint density at radius 2 is 1.59 bits per heavy atom. The maximum Gasteiger partial charge on any atom is 0.327 e. The molecule has 2 rings (SSSR count). The molecule has 27 heavy (non-hydrogen) atoms. The number of amides is 2. The van der Waals surface area contributed by atoms with Crippen LogP contribution in [0.15, 0.2) is 25.0 Å². The number of aliphatic carboxylic acids is 1. The van der Waals surface area contributed by atoms with Gasteiger partial charge in [-0.2, -0.15) is 12.6 Å². The first-order valence-electron chi connectivity index (χ1n) is 8.06. The van der Waals surface area contributed by atoms with Crippen LogP contribution in [0.1, 0.15) is 11.4 Å². The van der Waals surface area contributed by atoms with Gasteiger partial charge in [0, 0.05) is 31.0 Å². The van der Waals surface area contributed by atoms with E-state index >= 15 is 0 Å². The van der Waals surface area contributed by atoms with Gasteiger partial charge >= 0.3 is 5.97 Å². The zero-order chi connectivity index (χ0) is 19.8. The number of aromatic nitrogens is 4. The highest BCUT2D eigenvalue weighted by Crippen LogP contribution is 2.03. The lowest BCUT2D eigenvalue weighted by molar-refractivity contribution is -0.141. The Labute approximate surface area is 160 Å². The summed E-state index contributed by atoms with van der Waals surface area (Å²) in [5.41, 5.74) is 7.01. The van der Waals surface area contributed by atoms with Gasteiger partial charge in [0.25, 0.3) is 0 Å². The highest BCUT2D eigenvalue weighted by atomic mass is 32.1. The molecule has 11 nitrogen and oxygen atoms in total. The maximum atomic E-state index is 12.5. The molecule has 2 amide bonds. The molecular weight excluding hydrogens is 374 g/mol. The zero-order valence-electron chi connectivity index (χ0n) is 14.3. The molecule has 7 N–H and O–H groups in total. The topological polar surface area (TPSA) is 179 Å². The summed E-state index contributed by atoms with van der Waals surface area (Å²) >= 11 is 3.91. The molecule has 146 valence electrons. The third-order valence-electron chi connectivity index (χ3n) is 3.72. The number of carbonyl (C=O) groups excluding carboxylic acids is 2. The standard InChI is InChI=1S/C15H21N7O4S/c16-10(1-8-3-17-6-19-8)13(23)21-11(2-9-4-18-7-20-9)14(24)22-12(5-27)15(25)26/h3-4,6-7,10-12,27H,1-2,5,16H2,(H,17,19)(H,18,20)(H,21,23)(H,22,24)(H,25,26)/t10-,11-,12-/m0/s1. The van der Waals surface area contributed by atoms with Gasteiger partial charge in [0.15, 0.2) is 0 Å². The number of imidazole rings is 2. The van der Waals surface area contributed by atoms with Crippen LogP contribution in [0.25, 0.3) is 0 Å². The normalized spacial score (nSPS) is 14.1. The molecule has 2 heterocycles. The number of rotatable bonds is 10. The molecule has 0 aromatic carbocycles. The van der Waals surface area contributed by atoms with Crippen molar-refractivity contribution in [3.8, 4) is 0 Å². The average molecular weight is 395 g/mol. The van der Waals surface area contributed by atoms with Crippen LogP contribution >= 0.6 is 12.6 Å². The van der Waals surface area contributed by atoms with Gasteiger partial charge in [-0.1, -0.05) is 0 Å². The van der Waals surface area contributed by atoms with E-state index < -0.39 is 35.9 Å². The van der Waals surface area contributed by atoms with Gasteiger partial charge < -0.3 is 31.4 Å². The van der Waals surface area contributed by atoms with E-state index in [2.05, 4.69) is 43.2 Å². The molecule has 3 atom stereocenters. The fourth-order valence-electron chi connectivity index (χ4n) is 2.28. The van der Waals surface area contributed by atoms with Crippen LogP contribution in [0.3, 0.4) is 0 Å². The number of H-pyrrole nitrogens is 2. The summed E-state index contributed by atoms with van der Waals surface area (Å²) in [6.07, 6.45) is 6.34. The summed E-state index contributed by atoms with van der Waals surface area (Å²) in [5, 5.41) is 14.0. The Morgan fingerprint density at radius 1 is 1.04 bits per heavy atom. The van der Waals surface area contributed by atoms with E-state index in [1.807, 2.05) is 0 Å². The first-order chi connectivity index (χ1) is 12.9. The number of thiol groups is 1. The van der Waals surface area contributed by atoms with Gasteiger partial charge in [-0.05, 0) is 0 Å². The van der Waals surface area contributed by atoms with Crippen molar-refractivity contribution in [3.05, 3.63) is 36.4 Å². The van der Waals surface area contributed by atoms with Gasteiger partial charge in [-0.15, -0.1) is 0 Å². The lowest BCUT2D eigenvalue weighted by Gasteiger charge is -2.21. The van der Waals surface area contributed by atoms with Crippen molar-refractivity contribution < 1.29 is 19.5 Å². The fraction of sp³-hybridized carbons (Fsp3) is 0.400. The first kappa shape index (κ1) is 20.5. The maximum absolute atomic E-state index is 12.5. The van der Waals surface area contributed by atoms with Crippen molar-refractivity contribution in [3.63, 3.8) is 0 Å². The molecule has 0 saturated heterocycles. The summed E-state index contributed by atoms with van der Waals surface area (Å²) in [6, 6.07) is -3.16. The van der Waals surface area contributed by atoms with E-state index in [0.717, 1.165) is 0 Å². The molecule has 0 radical (unpaired) electrons. The van der Waals surface area contributed by atoms with E-state index in [-0.39, 0.29) is 18.6 Å². The highest BCUT2D eigenvalue weighted by Gasteiger charge is 2.28. The Hall–Kier alpha value is -2.86. The number of carboxylic acid groups (broad SMARTS) is 1. The number of aromatic amines is 2. The van der Waals surface area contributed by atoms with Gasteiger partial charge in [0.05, 0.1) is 30.1 Å². The Bertz CT molecular complexity index is 750. The Kier molecular flexibility index (Phi) is 7.37. The van der Waals surface area contributed by atoms with E-state index in [0.29, 0.717) is 11.4 Å². The van der Waals surface area contributed by atoms with Crippen LogP contribution in [0.4, 0.5) is 0 Å². The second-order valence-electron chi connectivity index (χ2n) is 5.78. The zero-order valence-corrected chi connectivity index (χ0v) is 15.1. The van der Waals surface area contributed by atoms with E-state index in [1.165, 1.54) is 12.7 Å². The quantitative estimate of drug-likeness (QED) is 0.233. The minimum Gasteiger partial charge on any atom is -0.480 e. The SMILES string of the molecule is N[C@@H](Cc1c[nH]cn1)C(=O)N[C@@H](Cc1c[nH]cn1)C(=O)N[C@@H](CS)C(=O)O. The van der Waals surface area contributed by atoms with E-state index in [1.54, 1.807) is 12.4 Å². The number of carbonyl (C=O) groups is 3. The minimum atomic E-state index is -1.22. The molecule has 2 aromatic heterocycles. The van der Waals surface area contributed by atoms with Gasteiger partial charge in [0.1, 0.15) is 12.1 Å². The summed E-state index contributed by atoms with van der Waals surface area (Å²) in [4.78, 5) is 49.5. The first-order valence-corrected chi connectivity index (χ1v) is 8.69. The van der Waals surface area contributed by atoms with Crippen LogP contribution in [-0.2, 0) is 27.2 Å². The van der Waals surface area contributed by atoms with Crippen molar-refractivity contribution in [1.82, 2.24) is 30.6 Å².